The van der Waals surface area contributed by atoms with Gasteiger partial charge in [0, 0.05) is 16.6 Å². The SMILES string of the molecule is CCCCOc1ccc(-c2cc(C(=O)Nc3ccccc3CCCC)c3ccccc3n2)cc1. The minimum Gasteiger partial charge on any atom is -0.494 e. The summed E-state index contributed by atoms with van der Waals surface area (Å²) in [5, 5.41) is 4.00. The van der Waals surface area contributed by atoms with Crippen LogP contribution in [0.15, 0.2) is 78.9 Å². The van der Waals surface area contributed by atoms with Crippen LogP contribution in [0.5, 0.6) is 5.75 Å². The molecule has 1 heterocycles. The highest BCUT2D eigenvalue weighted by molar-refractivity contribution is 6.13. The molecule has 0 spiro atoms. The second kappa shape index (κ2) is 11.5. The van der Waals surface area contributed by atoms with Gasteiger partial charge in [0.25, 0.3) is 5.91 Å². The van der Waals surface area contributed by atoms with E-state index in [4.69, 9.17) is 9.72 Å². The van der Waals surface area contributed by atoms with Crippen LogP contribution in [0.4, 0.5) is 5.69 Å². The first-order chi connectivity index (χ1) is 16.7. The van der Waals surface area contributed by atoms with Crippen molar-refractivity contribution in [3.8, 4) is 17.0 Å². The Morgan fingerprint density at radius 2 is 1.62 bits per heavy atom. The number of para-hydroxylation sites is 2. The lowest BCUT2D eigenvalue weighted by Crippen LogP contribution is -2.14. The molecule has 0 fully saturated rings. The molecule has 0 saturated carbocycles. The molecule has 1 amide bonds. The van der Waals surface area contributed by atoms with E-state index < -0.39 is 0 Å². The van der Waals surface area contributed by atoms with Crippen LogP contribution in [0.2, 0.25) is 0 Å². The monoisotopic (exact) mass is 452 g/mol. The zero-order chi connectivity index (χ0) is 23.8. The van der Waals surface area contributed by atoms with Gasteiger partial charge in [-0.1, -0.05) is 63.1 Å². The Balaban J connectivity index is 1.65. The van der Waals surface area contributed by atoms with Gasteiger partial charge >= 0.3 is 0 Å². The molecule has 0 aliphatic carbocycles. The second-order valence-corrected chi connectivity index (χ2v) is 8.51. The number of aryl methyl sites for hydroxylation is 1. The summed E-state index contributed by atoms with van der Waals surface area (Å²) < 4.78 is 5.79. The average molecular weight is 453 g/mol. The van der Waals surface area contributed by atoms with E-state index in [0.717, 1.165) is 71.3 Å². The molecule has 1 N–H and O–H groups in total. The number of pyridine rings is 1. The lowest BCUT2D eigenvalue weighted by atomic mass is 10.0. The highest BCUT2D eigenvalue weighted by Gasteiger charge is 2.15. The Morgan fingerprint density at radius 1 is 0.882 bits per heavy atom. The van der Waals surface area contributed by atoms with E-state index in [9.17, 15) is 4.79 Å². The summed E-state index contributed by atoms with van der Waals surface area (Å²) in [6.45, 7) is 5.04. The van der Waals surface area contributed by atoms with Crippen molar-refractivity contribution in [1.29, 1.82) is 0 Å². The molecule has 0 radical (unpaired) electrons. The summed E-state index contributed by atoms with van der Waals surface area (Å²) in [4.78, 5) is 18.3. The van der Waals surface area contributed by atoms with Crippen LogP contribution in [0.3, 0.4) is 0 Å². The summed E-state index contributed by atoms with van der Waals surface area (Å²) in [5.74, 6) is 0.725. The number of fused-ring (bicyclic) bond motifs is 1. The fourth-order valence-electron chi connectivity index (χ4n) is 3.98. The van der Waals surface area contributed by atoms with Crippen LogP contribution < -0.4 is 10.1 Å². The Morgan fingerprint density at radius 3 is 2.41 bits per heavy atom. The highest BCUT2D eigenvalue weighted by Crippen LogP contribution is 2.28. The molecule has 4 aromatic rings. The Bertz CT molecular complexity index is 1250. The van der Waals surface area contributed by atoms with E-state index in [-0.39, 0.29) is 5.91 Å². The quantitative estimate of drug-likeness (QED) is 0.251. The number of benzene rings is 3. The molecule has 0 aliphatic heterocycles. The minimum absolute atomic E-state index is 0.122. The van der Waals surface area contributed by atoms with Gasteiger partial charge in [-0.05, 0) is 67.3 Å². The smallest absolute Gasteiger partial charge is 0.256 e. The number of hydrogen-bond acceptors (Lipinski definition) is 3. The van der Waals surface area contributed by atoms with Crippen LogP contribution in [0.1, 0.15) is 55.5 Å². The fourth-order valence-corrected chi connectivity index (χ4v) is 3.98. The minimum atomic E-state index is -0.122. The molecular formula is C30H32N2O2. The zero-order valence-corrected chi connectivity index (χ0v) is 20.0. The third kappa shape index (κ3) is 5.63. The molecule has 4 nitrogen and oxygen atoms in total. The number of hydrogen-bond donors (Lipinski definition) is 1. The van der Waals surface area contributed by atoms with Gasteiger partial charge in [0.1, 0.15) is 5.75 Å². The standard InChI is InChI=1S/C30H32N2O2/c1-3-5-11-22-12-7-9-14-27(22)32-30(33)26-21-29(31-28-15-10-8-13-25(26)28)23-16-18-24(19-17-23)34-20-6-4-2/h7-10,12-19,21H,3-6,11,20H2,1-2H3,(H,32,33). The summed E-state index contributed by atoms with van der Waals surface area (Å²) in [7, 11) is 0. The molecule has 4 heteroatoms. The van der Waals surface area contributed by atoms with E-state index in [1.54, 1.807) is 0 Å². The van der Waals surface area contributed by atoms with Crippen molar-refractivity contribution in [2.45, 2.75) is 46.0 Å². The number of unbranched alkanes of at least 4 members (excludes halogenated alkanes) is 2. The Kier molecular flexibility index (Phi) is 7.92. The number of carbonyl (C=O) groups is 1. The molecule has 0 saturated heterocycles. The van der Waals surface area contributed by atoms with Crippen LogP contribution in [0.25, 0.3) is 22.2 Å². The van der Waals surface area contributed by atoms with Crippen molar-refractivity contribution in [1.82, 2.24) is 4.98 Å². The molecule has 0 atom stereocenters. The summed E-state index contributed by atoms with van der Waals surface area (Å²) in [6.07, 6.45) is 5.29. The lowest BCUT2D eigenvalue weighted by molar-refractivity contribution is 0.102. The van der Waals surface area contributed by atoms with Crippen LogP contribution in [-0.4, -0.2) is 17.5 Å². The van der Waals surface area contributed by atoms with Crippen LogP contribution >= 0.6 is 0 Å². The largest absolute Gasteiger partial charge is 0.494 e. The molecule has 34 heavy (non-hydrogen) atoms. The van der Waals surface area contributed by atoms with Gasteiger partial charge in [-0.15, -0.1) is 0 Å². The maximum atomic E-state index is 13.5. The maximum absolute atomic E-state index is 13.5. The van der Waals surface area contributed by atoms with E-state index in [2.05, 4.69) is 25.2 Å². The van der Waals surface area contributed by atoms with Crippen LogP contribution in [-0.2, 0) is 6.42 Å². The maximum Gasteiger partial charge on any atom is 0.256 e. The van der Waals surface area contributed by atoms with Gasteiger partial charge in [-0.3, -0.25) is 4.79 Å². The molecule has 4 rings (SSSR count). The van der Waals surface area contributed by atoms with E-state index in [1.165, 1.54) is 0 Å². The topological polar surface area (TPSA) is 51.2 Å². The predicted octanol–water partition coefficient (Wildman–Crippen LogP) is 7.68. The number of carbonyl (C=O) groups excluding carboxylic acids is 1. The third-order valence-corrected chi connectivity index (χ3v) is 5.94. The number of nitrogens with zero attached hydrogens (tertiary/aromatic N) is 1. The molecule has 0 unspecified atom stereocenters. The van der Waals surface area contributed by atoms with Crippen LogP contribution in [0, 0.1) is 0 Å². The Labute approximate surface area is 202 Å². The average Bonchev–Trinajstić information content (AvgIpc) is 2.88. The molecular weight excluding hydrogens is 420 g/mol. The van der Waals surface area contributed by atoms with Crippen molar-refractivity contribution in [3.63, 3.8) is 0 Å². The predicted molar refractivity (Wildman–Crippen MR) is 141 cm³/mol. The number of rotatable bonds is 10. The van der Waals surface area contributed by atoms with Gasteiger partial charge in [0.15, 0.2) is 0 Å². The Hall–Kier alpha value is -3.66. The number of nitrogens with one attached hydrogen (secondary N) is 1. The van der Waals surface area contributed by atoms with Gasteiger partial charge in [0.05, 0.1) is 23.4 Å². The van der Waals surface area contributed by atoms with E-state index in [0.29, 0.717) is 12.2 Å². The van der Waals surface area contributed by atoms with Gasteiger partial charge < -0.3 is 10.1 Å². The van der Waals surface area contributed by atoms with Gasteiger partial charge in [-0.25, -0.2) is 4.98 Å². The molecule has 174 valence electrons. The fraction of sp³-hybridized carbons (Fsp3) is 0.267. The molecule has 0 bridgehead atoms. The highest BCUT2D eigenvalue weighted by atomic mass is 16.5. The van der Waals surface area contributed by atoms with E-state index >= 15 is 0 Å². The summed E-state index contributed by atoms with van der Waals surface area (Å²) in [6, 6.07) is 25.7. The first-order valence-corrected chi connectivity index (χ1v) is 12.2. The van der Waals surface area contributed by atoms with Crippen molar-refractivity contribution in [2.24, 2.45) is 0 Å². The molecule has 3 aromatic carbocycles. The zero-order valence-electron chi connectivity index (χ0n) is 20.0. The van der Waals surface area contributed by atoms with Crippen molar-refractivity contribution >= 4 is 22.5 Å². The molecule has 0 aliphatic rings. The first kappa shape index (κ1) is 23.5. The van der Waals surface area contributed by atoms with Gasteiger partial charge in [0.2, 0.25) is 0 Å². The second-order valence-electron chi connectivity index (χ2n) is 8.51. The summed E-state index contributed by atoms with van der Waals surface area (Å²) >= 11 is 0. The lowest BCUT2D eigenvalue weighted by Gasteiger charge is -2.13. The number of anilines is 1. The number of amides is 1. The van der Waals surface area contributed by atoms with E-state index in [1.807, 2.05) is 72.8 Å². The molecule has 1 aromatic heterocycles. The number of ether oxygens (including phenoxy) is 1. The first-order valence-electron chi connectivity index (χ1n) is 12.2. The normalized spacial score (nSPS) is 10.9. The van der Waals surface area contributed by atoms with Crippen molar-refractivity contribution in [2.75, 3.05) is 11.9 Å². The third-order valence-electron chi connectivity index (χ3n) is 5.94. The van der Waals surface area contributed by atoms with Crippen molar-refractivity contribution in [3.05, 3.63) is 90.0 Å². The number of aromatic nitrogens is 1. The van der Waals surface area contributed by atoms with Gasteiger partial charge in [-0.2, -0.15) is 0 Å². The summed E-state index contributed by atoms with van der Waals surface area (Å²) in [5.41, 5.74) is 5.17. The van der Waals surface area contributed by atoms with Crippen molar-refractivity contribution < 1.29 is 9.53 Å².